The Morgan fingerprint density at radius 2 is 2.00 bits per heavy atom. The maximum absolute atomic E-state index is 5.64. The first kappa shape index (κ1) is 10.5. The van der Waals surface area contributed by atoms with Crippen LogP contribution in [0.5, 0.6) is 5.75 Å². The molecule has 0 unspecified atom stereocenters. The number of benzene rings is 1. The molecule has 2 heterocycles. The van der Waals surface area contributed by atoms with Crippen molar-refractivity contribution in [2.24, 2.45) is 0 Å². The summed E-state index contributed by atoms with van der Waals surface area (Å²) in [7, 11) is 1.63. The molecule has 0 atom stereocenters. The molecule has 6 heteroatoms. The number of fused-ring (bicyclic) bond motifs is 1. The Morgan fingerprint density at radius 3 is 2.72 bits per heavy atom. The molecule has 90 valence electrons. The molecule has 0 saturated heterocycles. The predicted octanol–water partition coefficient (Wildman–Crippen LogP) is 1.38. The van der Waals surface area contributed by atoms with Gasteiger partial charge in [-0.05, 0) is 24.3 Å². The van der Waals surface area contributed by atoms with Crippen molar-refractivity contribution in [2.75, 3.05) is 12.8 Å². The second-order valence-electron chi connectivity index (χ2n) is 3.80. The van der Waals surface area contributed by atoms with Crippen LogP contribution in [0.1, 0.15) is 0 Å². The molecule has 3 rings (SSSR count). The number of nitrogen functional groups attached to an aromatic ring is 1. The Kier molecular flexibility index (Phi) is 2.33. The number of nitrogens with two attached hydrogens (primary N) is 1. The maximum atomic E-state index is 5.64. The highest BCUT2D eigenvalue weighted by atomic mass is 16.5. The molecule has 1 aromatic carbocycles. The smallest absolute Gasteiger partial charge is 0.252 e. The molecular weight excluding hydrogens is 230 g/mol. The van der Waals surface area contributed by atoms with E-state index in [0.29, 0.717) is 17.3 Å². The van der Waals surface area contributed by atoms with Gasteiger partial charge in [0.1, 0.15) is 5.75 Å². The molecule has 0 fully saturated rings. The van der Waals surface area contributed by atoms with Crippen molar-refractivity contribution in [3.63, 3.8) is 0 Å². The number of rotatable bonds is 2. The minimum atomic E-state index is 0.523. The minimum absolute atomic E-state index is 0.523. The van der Waals surface area contributed by atoms with E-state index in [1.807, 2.05) is 24.3 Å². The standard InChI is InChI=1S/C12H11N5O/c1-18-10-4-2-8(3-5-10)11-15-12-14-6-9(13)7-17(12)16-11/h2-7H,13H2,1H3. The van der Waals surface area contributed by atoms with E-state index < -0.39 is 0 Å². The first-order valence-corrected chi connectivity index (χ1v) is 5.38. The number of aromatic nitrogens is 4. The molecule has 0 aliphatic heterocycles. The molecule has 0 aliphatic rings. The van der Waals surface area contributed by atoms with Gasteiger partial charge in [0.25, 0.3) is 5.78 Å². The lowest BCUT2D eigenvalue weighted by atomic mass is 10.2. The molecule has 18 heavy (non-hydrogen) atoms. The molecule has 0 bridgehead atoms. The summed E-state index contributed by atoms with van der Waals surface area (Å²) in [4.78, 5) is 8.42. The van der Waals surface area contributed by atoms with E-state index in [0.717, 1.165) is 11.3 Å². The van der Waals surface area contributed by atoms with Gasteiger partial charge in [0.05, 0.1) is 25.2 Å². The van der Waals surface area contributed by atoms with Crippen molar-refractivity contribution in [1.82, 2.24) is 19.6 Å². The van der Waals surface area contributed by atoms with Crippen LogP contribution in [-0.4, -0.2) is 26.7 Å². The van der Waals surface area contributed by atoms with Gasteiger partial charge in [-0.25, -0.2) is 9.50 Å². The minimum Gasteiger partial charge on any atom is -0.497 e. The highest BCUT2D eigenvalue weighted by molar-refractivity contribution is 5.58. The van der Waals surface area contributed by atoms with Gasteiger partial charge < -0.3 is 10.5 Å². The summed E-state index contributed by atoms with van der Waals surface area (Å²) in [6.45, 7) is 0. The van der Waals surface area contributed by atoms with E-state index in [-0.39, 0.29) is 0 Å². The highest BCUT2D eigenvalue weighted by Crippen LogP contribution is 2.19. The summed E-state index contributed by atoms with van der Waals surface area (Å²) in [6, 6.07) is 7.53. The van der Waals surface area contributed by atoms with Crippen molar-refractivity contribution in [1.29, 1.82) is 0 Å². The third kappa shape index (κ3) is 1.73. The van der Waals surface area contributed by atoms with Crippen LogP contribution in [0.4, 0.5) is 5.69 Å². The van der Waals surface area contributed by atoms with Crippen LogP contribution in [-0.2, 0) is 0 Å². The second kappa shape index (κ2) is 3.99. The number of hydrogen-bond acceptors (Lipinski definition) is 5. The molecule has 3 aromatic rings. The lowest BCUT2D eigenvalue weighted by Gasteiger charge is -1.99. The number of nitrogens with zero attached hydrogens (tertiary/aromatic N) is 4. The van der Waals surface area contributed by atoms with Gasteiger partial charge in [-0.1, -0.05) is 0 Å². The Hall–Kier alpha value is -2.63. The van der Waals surface area contributed by atoms with E-state index in [4.69, 9.17) is 10.5 Å². The number of anilines is 1. The summed E-state index contributed by atoms with van der Waals surface area (Å²) < 4.78 is 6.67. The predicted molar refractivity (Wildman–Crippen MR) is 67.2 cm³/mol. The molecule has 2 N–H and O–H groups in total. The molecule has 0 aliphatic carbocycles. The van der Waals surface area contributed by atoms with Gasteiger partial charge in [0.2, 0.25) is 0 Å². The fourth-order valence-electron chi connectivity index (χ4n) is 1.66. The SMILES string of the molecule is COc1ccc(-c2nc3ncc(N)cn3n2)cc1. The van der Waals surface area contributed by atoms with Crippen molar-refractivity contribution in [3.8, 4) is 17.1 Å². The lowest BCUT2D eigenvalue weighted by Crippen LogP contribution is -1.94. The van der Waals surface area contributed by atoms with Crippen LogP contribution >= 0.6 is 0 Å². The van der Waals surface area contributed by atoms with Gasteiger partial charge in [-0.3, -0.25) is 0 Å². The fraction of sp³-hybridized carbons (Fsp3) is 0.0833. The summed E-state index contributed by atoms with van der Waals surface area (Å²) >= 11 is 0. The van der Waals surface area contributed by atoms with Gasteiger partial charge in [0.15, 0.2) is 5.82 Å². The van der Waals surface area contributed by atoms with E-state index in [1.54, 1.807) is 24.0 Å². The quantitative estimate of drug-likeness (QED) is 0.733. The number of hydrogen-bond donors (Lipinski definition) is 1. The van der Waals surface area contributed by atoms with Crippen molar-refractivity contribution < 1.29 is 4.74 Å². The first-order valence-electron chi connectivity index (χ1n) is 5.38. The zero-order valence-corrected chi connectivity index (χ0v) is 9.74. The Morgan fingerprint density at radius 1 is 1.22 bits per heavy atom. The summed E-state index contributed by atoms with van der Waals surface area (Å²) in [5.74, 6) is 1.93. The van der Waals surface area contributed by atoms with E-state index in [9.17, 15) is 0 Å². The molecule has 2 aromatic heterocycles. The number of ether oxygens (including phenoxy) is 1. The lowest BCUT2D eigenvalue weighted by molar-refractivity contribution is 0.415. The van der Waals surface area contributed by atoms with E-state index in [1.165, 1.54) is 0 Å². The van der Waals surface area contributed by atoms with Crippen LogP contribution in [0.3, 0.4) is 0 Å². The van der Waals surface area contributed by atoms with Crippen molar-refractivity contribution in [3.05, 3.63) is 36.7 Å². The fourth-order valence-corrected chi connectivity index (χ4v) is 1.66. The van der Waals surface area contributed by atoms with Gasteiger partial charge in [-0.15, -0.1) is 5.10 Å². The van der Waals surface area contributed by atoms with Crippen LogP contribution < -0.4 is 10.5 Å². The summed E-state index contributed by atoms with van der Waals surface area (Å²) in [5.41, 5.74) is 7.09. The molecule has 0 radical (unpaired) electrons. The molecule has 0 amide bonds. The van der Waals surface area contributed by atoms with Crippen LogP contribution in [0.25, 0.3) is 17.2 Å². The van der Waals surface area contributed by atoms with Crippen LogP contribution in [0.2, 0.25) is 0 Å². The topological polar surface area (TPSA) is 78.3 Å². The second-order valence-corrected chi connectivity index (χ2v) is 3.80. The van der Waals surface area contributed by atoms with Gasteiger partial charge in [0, 0.05) is 5.56 Å². The largest absolute Gasteiger partial charge is 0.497 e. The van der Waals surface area contributed by atoms with Crippen molar-refractivity contribution >= 4 is 11.5 Å². The average Bonchev–Trinajstić information content (AvgIpc) is 2.81. The Labute approximate surface area is 103 Å². The zero-order valence-electron chi connectivity index (χ0n) is 9.74. The van der Waals surface area contributed by atoms with Gasteiger partial charge in [-0.2, -0.15) is 4.98 Å². The third-order valence-electron chi connectivity index (χ3n) is 2.56. The monoisotopic (exact) mass is 241 g/mol. The molecule has 0 spiro atoms. The number of methoxy groups -OCH3 is 1. The van der Waals surface area contributed by atoms with Crippen LogP contribution in [0, 0.1) is 0 Å². The highest BCUT2D eigenvalue weighted by Gasteiger charge is 2.07. The molecular formula is C12H11N5O. The Balaban J connectivity index is 2.07. The average molecular weight is 241 g/mol. The molecule has 6 nitrogen and oxygen atoms in total. The Bertz CT molecular complexity index is 689. The van der Waals surface area contributed by atoms with Gasteiger partial charge >= 0.3 is 0 Å². The van der Waals surface area contributed by atoms with Crippen molar-refractivity contribution in [2.45, 2.75) is 0 Å². The summed E-state index contributed by atoms with van der Waals surface area (Å²) in [6.07, 6.45) is 3.24. The third-order valence-corrected chi connectivity index (χ3v) is 2.56. The summed E-state index contributed by atoms with van der Waals surface area (Å²) in [5, 5.41) is 4.32. The molecule has 0 saturated carbocycles. The zero-order chi connectivity index (χ0) is 12.5. The van der Waals surface area contributed by atoms with E-state index >= 15 is 0 Å². The van der Waals surface area contributed by atoms with Crippen LogP contribution in [0.15, 0.2) is 36.7 Å². The normalized spacial score (nSPS) is 10.7. The maximum Gasteiger partial charge on any atom is 0.252 e. The van der Waals surface area contributed by atoms with E-state index in [2.05, 4.69) is 15.1 Å². The first-order chi connectivity index (χ1) is 8.76.